The molecule has 6 heteroatoms. The van der Waals surface area contributed by atoms with E-state index in [1.54, 1.807) is 18.4 Å². The normalized spacial score (nSPS) is 11.8. The lowest BCUT2D eigenvalue weighted by molar-refractivity contribution is -0.143. The number of esters is 1. The van der Waals surface area contributed by atoms with Crippen molar-refractivity contribution in [2.24, 2.45) is 4.99 Å². The van der Waals surface area contributed by atoms with Crippen molar-refractivity contribution >= 4 is 33.4 Å². The molecule has 20 heavy (non-hydrogen) atoms. The number of para-hydroxylation sites is 1. The highest BCUT2D eigenvalue weighted by Gasteiger charge is 2.11. The summed E-state index contributed by atoms with van der Waals surface area (Å²) in [4.78, 5) is 27.8. The van der Waals surface area contributed by atoms with E-state index in [-0.39, 0.29) is 18.4 Å². The van der Waals surface area contributed by atoms with Gasteiger partial charge in [0.25, 0.3) is 0 Å². The van der Waals surface area contributed by atoms with Crippen molar-refractivity contribution in [3.63, 3.8) is 0 Å². The van der Waals surface area contributed by atoms with Gasteiger partial charge in [-0.05, 0) is 19.1 Å². The van der Waals surface area contributed by atoms with Crippen LogP contribution in [-0.2, 0) is 20.9 Å². The molecule has 1 amide bonds. The molecular weight excluding hydrogens is 276 g/mol. The lowest BCUT2D eigenvalue weighted by atomic mass is 10.3. The molecule has 0 saturated heterocycles. The number of hydrogen-bond donors (Lipinski definition) is 0. The number of benzene rings is 1. The first kappa shape index (κ1) is 14.5. The Balaban J connectivity index is 2.53. The van der Waals surface area contributed by atoms with Gasteiger partial charge < -0.3 is 9.30 Å². The van der Waals surface area contributed by atoms with E-state index in [1.165, 1.54) is 11.3 Å². The van der Waals surface area contributed by atoms with Crippen LogP contribution in [0.1, 0.15) is 20.3 Å². The average molecular weight is 292 g/mol. The first-order valence-corrected chi connectivity index (χ1v) is 7.29. The number of carbonyl (C=O) groups excluding carboxylic acids is 2. The Morgan fingerprint density at radius 3 is 2.75 bits per heavy atom. The second-order valence-electron chi connectivity index (χ2n) is 4.10. The molecule has 0 aliphatic heterocycles. The minimum Gasteiger partial charge on any atom is -0.465 e. The van der Waals surface area contributed by atoms with E-state index in [0.29, 0.717) is 17.8 Å². The second-order valence-corrected chi connectivity index (χ2v) is 5.11. The van der Waals surface area contributed by atoms with E-state index in [1.807, 2.05) is 24.3 Å². The van der Waals surface area contributed by atoms with Crippen LogP contribution in [0.4, 0.5) is 0 Å². The number of amides is 1. The largest absolute Gasteiger partial charge is 0.465 e. The van der Waals surface area contributed by atoms with Gasteiger partial charge in [0.15, 0.2) is 4.80 Å². The number of nitrogens with zero attached hydrogens (tertiary/aromatic N) is 2. The molecule has 0 fully saturated rings. The van der Waals surface area contributed by atoms with Gasteiger partial charge >= 0.3 is 5.97 Å². The highest BCUT2D eigenvalue weighted by atomic mass is 32.1. The maximum absolute atomic E-state index is 11.7. The molecule has 5 nitrogen and oxygen atoms in total. The average Bonchev–Trinajstić information content (AvgIpc) is 2.77. The van der Waals surface area contributed by atoms with Gasteiger partial charge in [-0.3, -0.25) is 9.59 Å². The predicted octanol–water partition coefficient (Wildman–Crippen LogP) is 2.10. The van der Waals surface area contributed by atoms with Gasteiger partial charge in [-0.1, -0.05) is 30.4 Å². The first-order chi connectivity index (χ1) is 9.65. The number of thiazole rings is 1. The van der Waals surface area contributed by atoms with Crippen LogP contribution in [0, 0.1) is 0 Å². The maximum Gasteiger partial charge on any atom is 0.326 e. The van der Waals surface area contributed by atoms with Crippen LogP contribution >= 0.6 is 11.3 Å². The van der Waals surface area contributed by atoms with Gasteiger partial charge in [0.2, 0.25) is 5.91 Å². The van der Waals surface area contributed by atoms with Gasteiger partial charge in [0.05, 0.1) is 16.8 Å². The number of fused-ring (bicyclic) bond motifs is 1. The lowest BCUT2D eigenvalue weighted by Gasteiger charge is -2.04. The van der Waals surface area contributed by atoms with E-state index in [0.717, 1.165) is 10.2 Å². The van der Waals surface area contributed by atoms with Crippen molar-refractivity contribution < 1.29 is 14.3 Å². The second kappa shape index (κ2) is 6.47. The molecular formula is C14H16N2O3S. The highest BCUT2D eigenvalue weighted by Crippen LogP contribution is 2.16. The van der Waals surface area contributed by atoms with Crippen LogP contribution in [0.5, 0.6) is 0 Å². The van der Waals surface area contributed by atoms with E-state index >= 15 is 0 Å². The van der Waals surface area contributed by atoms with Crippen molar-refractivity contribution in [2.45, 2.75) is 26.8 Å². The minimum absolute atomic E-state index is 0.0632. The first-order valence-electron chi connectivity index (χ1n) is 6.47. The Kier molecular flexibility index (Phi) is 4.68. The summed E-state index contributed by atoms with van der Waals surface area (Å²) in [6.07, 6.45) is 0.341. The zero-order chi connectivity index (χ0) is 14.5. The third kappa shape index (κ3) is 3.14. The highest BCUT2D eigenvalue weighted by molar-refractivity contribution is 7.16. The molecule has 2 rings (SSSR count). The molecule has 1 aromatic carbocycles. The van der Waals surface area contributed by atoms with Crippen LogP contribution in [0.25, 0.3) is 10.2 Å². The lowest BCUT2D eigenvalue weighted by Crippen LogP contribution is -2.23. The molecule has 0 saturated carbocycles. The van der Waals surface area contributed by atoms with Crippen LogP contribution in [0.3, 0.4) is 0 Å². The Labute approximate surface area is 120 Å². The smallest absolute Gasteiger partial charge is 0.326 e. The standard InChI is InChI=1S/C14H16N2O3S/c1-3-12(17)15-14-16(9-13(18)19-4-2)10-7-5-6-8-11(10)20-14/h5-8H,3-4,9H2,1-2H3. The van der Waals surface area contributed by atoms with E-state index in [9.17, 15) is 9.59 Å². The SMILES string of the molecule is CCOC(=O)Cn1c(=NC(=O)CC)sc2ccccc21. The monoisotopic (exact) mass is 292 g/mol. The fraction of sp³-hybridized carbons (Fsp3) is 0.357. The number of ether oxygens (including phenoxy) is 1. The molecule has 0 atom stereocenters. The summed E-state index contributed by atoms with van der Waals surface area (Å²) in [5, 5.41) is 0. The van der Waals surface area contributed by atoms with Crippen LogP contribution in [0.2, 0.25) is 0 Å². The zero-order valence-corrected chi connectivity index (χ0v) is 12.3. The van der Waals surface area contributed by atoms with Crippen LogP contribution < -0.4 is 4.80 Å². The summed E-state index contributed by atoms with van der Waals surface area (Å²) in [5.41, 5.74) is 0.883. The molecule has 1 heterocycles. The molecule has 0 radical (unpaired) electrons. The molecule has 1 aromatic heterocycles. The summed E-state index contributed by atoms with van der Waals surface area (Å²) in [6.45, 7) is 3.92. The van der Waals surface area contributed by atoms with Crippen molar-refractivity contribution in [1.82, 2.24) is 4.57 Å². The van der Waals surface area contributed by atoms with Crippen molar-refractivity contribution in [1.29, 1.82) is 0 Å². The number of rotatable bonds is 4. The molecule has 2 aromatic rings. The van der Waals surface area contributed by atoms with E-state index in [4.69, 9.17) is 4.74 Å². The number of aromatic nitrogens is 1. The minimum atomic E-state index is -0.332. The van der Waals surface area contributed by atoms with Crippen molar-refractivity contribution in [2.75, 3.05) is 6.61 Å². The summed E-state index contributed by atoms with van der Waals surface area (Å²) in [6, 6.07) is 7.65. The molecule has 0 spiro atoms. The Hall–Kier alpha value is -1.95. The third-order valence-electron chi connectivity index (χ3n) is 2.70. The van der Waals surface area contributed by atoms with E-state index < -0.39 is 0 Å². The third-order valence-corrected chi connectivity index (χ3v) is 3.76. The molecule has 0 aliphatic carbocycles. The fourth-order valence-electron chi connectivity index (χ4n) is 1.78. The predicted molar refractivity (Wildman–Crippen MR) is 77.3 cm³/mol. The molecule has 0 unspecified atom stereocenters. The van der Waals surface area contributed by atoms with Gasteiger partial charge in [-0.15, -0.1) is 0 Å². The van der Waals surface area contributed by atoms with Crippen molar-refractivity contribution in [3.05, 3.63) is 29.1 Å². The maximum atomic E-state index is 11.7. The molecule has 0 aliphatic rings. The molecule has 0 N–H and O–H groups in total. The van der Waals surface area contributed by atoms with Gasteiger partial charge in [0.1, 0.15) is 6.54 Å². The van der Waals surface area contributed by atoms with Crippen molar-refractivity contribution in [3.8, 4) is 0 Å². The topological polar surface area (TPSA) is 60.7 Å². The quantitative estimate of drug-likeness (QED) is 0.811. The van der Waals surface area contributed by atoms with Crippen LogP contribution in [0.15, 0.2) is 29.3 Å². The Morgan fingerprint density at radius 1 is 1.30 bits per heavy atom. The van der Waals surface area contributed by atoms with Gasteiger partial charge in [-0.2, -0.15) is 4.99 Å². The summed E-state index contributed by atoms with van der Waals surface area (Å²) >= 11 is 1.40. The van der Waals surface area contributed by atoms with Gasteiger partial charge in [-0.25, -0.2) is 0 Å². The molecule has 0 bridgehead atoms. The zero-order valence-electron chi connectivity index (χ0n) is 11.5. The Morgan fingerprint density at radius 2 is 2.05 bits per heavy atom. The van der Waals surface area contributed by atoms with Gasteiger partial charge in [0, 0.05) is 6.42 Å². The number of hydrogen-bond acceptors (Lipinski definition) is 4. The van der Waals surface area contributed by atoms with E-state index in [2.05, 4.69) is 4.99 Å². The Bertz CT molecular complexity index is 700. The summed E-state index contributed by atoms with van der Waals surface area (Å²) < 4.78 is 7.68. The number of carbonyl (C=O) groups is 2. The molecule has 106 valence electrons. The van der Waals surface area contributed by atoms with Crippen LogP contribution in [-0.4, -0.2) is 23.1 Å². The summed E-state index contributed by atoms with van der Waals surface area (Å²) in [7, 11) is 0. The summed E-state index contributed by atoms with van der Waals surface area (Å²) in [5.74, 6) is -0.532. The fourth-order valence-corrected chi connectivity index (χ4v) is 2.83.